The number of hydrogen-bond donors (Lipinski definition) is 1. The Hall–Kier alpha value is -2.10. The maximum atomic E-state index is 11.7. The molecule has 1 aromatic carbocycles. The summed E-state index contributed by atoms with van der Waals surface area (Å²) in [4.78, 5) is 11.7. The van der Waals surface area contributed by atoms with Gasteiger partial charge in [-0.05, 0) is 12.0 Å². The Morgan fingerprint density at radius 1 is 1.33 bits per heavy atom. The van der Waals surface area contributed by atoms with Crippen LogP contribution in [0.25, 0.3) is 0 Å². The van der Waals surface area contributed by atoms with Crippen molar-refractivity contribution in [2.24, 2.45) is 0 Å². The van der Waals surface area contributed by atoms with Gasteiger partial charge in [-0.15, -0.1) is 0 Å². The summed E-state index contributed by atoms with van der Waals surface area (Å²) in [7, 11) is 1.64. The first-order valence-corrected chi connectivity index (χ1v) is 6.07. The van der Waals surface area contributed by atoms with Crippen LogP contribution < -0.4 is 5.32 Å². The SMILES string of the molecule is CCc1c(C(=O)NC)cnn1Cc1ccccc1. The lowest BCUT2D eigenvalue weighted by Crippen LogP contribution is -2.19. The molecule has 1 aromatic heterocycles. The second kappa shape index (κ2) is 5.49. The highest BCUT2D eigenvalue weighted by molar-refractivity contribution is 5.94. The van der Waals surface area contributed by atoms with Crippen LogP contribution in [0.3, 0.4) is 0 Å². The van der Waals surface area contributed by atoms with Crippen LogP contribution in [0.2, 0.25) is 0 Å². The van der Waals surface area contributed by atoms with Gasteiger partial charge in [-0.25, -0.2) is 0 Å². The molecular formula is C14H17N3O. The molecule has 1 N–H and O–H groups in total. The van der Waals surface area contributed by atoms with Crippen LogP contribution in [0.1, 0.15) is 28.5 Å². The lowest BCUT2D eigenvalue weighted by Gasteiger charge is -2.07. The number of hydrogen-bond acceptors (Lipinski definition) is 2. The zero-order chi connectivity index (χ0) is 13.0. The van der Waals surface area contributed by atoms with Crippen molar-refractivity contribution in [3.63, 3.8) is 0 Å². The molecule has 0 unspecified atom stereocenters. The van der Waals surface area contributed by atoms with Crippen LogP contribution in [0, 0.1) is 0 Å². The number of benzene rings is 1. The first-order valence-electron chi connectivity index (χ1n) is 6.07. The second-order valence-electron chi connectivity index (χ2n) is 4.08. The first-order chi connectivity index (χ1) is 8.76. The standard InChI is InChI=1S/C14H17N3O/c1-3-13-12(14(18)15-2)9-16-17(13)10-11-7-5-4-6-8-11/h4-9H,3,10H2,1-2H3,(H,15,18). The van der Waals surface area contributed by atoms with Crippen LogP contribution in [0.4, 0.5) is 0 Å². The maximum absolute atomic E-state index is 11.7. The summed E-state index contributed by atoms with van der Waals surface area (Å²) in [5.41, 5.74) is 2.81. The van der Waals surface area contributed by atoms with E-state index in [9.17, 15) is 4.79 Å². The third-order valence-corrected chi connectivity index (χ3v) is 2.93. The quantitative estimate of drug-likeness (QED) is 0.891. The number of rotatable bonds is 4. The van der Waals surface area contributed by atoms with E-state index in [1.165, 1.54) is 5.56 Å². The third-order valence-electron chi connectivity index (χ3n) is 2.93. The van der Waals surface area contributed by atoms with Crippen LogP contribution in [-0.2, 0) is 13.0 Å². The fraction of sp³-hybridized carbons (Fsp3) is 0.286. The molecule has 0 atom stereocenters. The van der Waals surface area contributed by atoms with Gasteiger partial charge in [-0.2, -0.15) is 5.10 Å². The van der Waals surface area contributed by atoms with E-state index < -0.39 is 0 Å². The minimum absolute atomic E-state index is 0.0776. The Labute approximate surface area is 107 Å². The largest absolute Gasteiger partial charge is 0.355 e. The fourth-order valence-electron chi connectivity index (χ4n) is 2.00. The van der Waals surface area contributed by atoms with Crippen molar-refractivity contribution in [3.05, 3.63) is 53.3 Å². The highest BCUT2D eigenvalue weighted by Gasteiger charge is 2.14. The third kappa shape index (κ3) is 2.42. The van der Waals surface area contributed by atoms with E-state index in [4.69, 9.17) is 0 Å². The van der Waals surface area contributed by atoms with Gasteiger partial charge in [0.25, 0.3) is 5.91 Å². The number of nitrogens with one attached hydrogen (secondary N) is 1. The Bertz CT molecular complexity index is 531. The molecule has 4 heteroatoms. The van der Waals surface area contributed by atoms with Gasteiger partial charge in [-0.1, -0.05) is 37.3 Å². The molecule has 0 bridgehead atoms. The van der Waals surface area contributed by atoms with E-state index in [-0.39, 0.29) is 5.91 Å². The van der Waals surface area contributed by atoms with Crippen molar-refractivity contribution >= 4 is 5.91 Å². The summed E-state index contributed by atoms with van der Waals surface area (Å²) in [5, 5.41) is 6.95. The molecule has 0 aliphatic heterocycles. The molecule has 1 heterocycles. The van der Waals surface area contributed by atoms with Gasteiger partial charge in [0.15, 0.2) is 0 Å². The smallest absolute Gasteiger partial charge is 0.254 e. The molecule has 2 aromatic rings. The van der Waals surface area contributed by atoms with Gasteiger partial charge >= 0.3 is 0 Å². The topological polar surface area (TPSA) is 46.9 Å². The van der Waals surface area contributed by atoms with Gasteiger partial charge in [0, 0.05) is 7.05 Å². The predicted molar refractivity (Wildman–Crippen MR) is 70.5 cm³/mol. The number of carbonyl (C=O) groups excluding carboxylic acids is 1. The average Bonchev–Trinajstić information content (AvgIpc) is 2.81. The van der Waals surface area contributed by atoms with E-state index >= 15 is 0 Å². The van der Waals surface area contributed by atoms with Crippen molar-refractivity contribution in [2.75, 3.05) is 7.05 Å². The summed E-state index contributed by atoms with van der Waals surface area (Å²) >= 11 is 0. The molecule has 0 aliphatic rings. The average molecular weight is 243 g/mol. The molecule has 0 aliphatic carbocycles. The van der Waals surface area contributed by atoms with Crippen molar-refractivity contribution in [1.82, 2.24) is 15.1 Å². The normalized spacial score (nSPS) is 10.3. The van der Waals surface area contributed by atoms with E-state index in [2.05, 4.69) is 22.5 Å². The van der Waals surface area contributed by atoms with Gasteiger partial charge in [0.1, 0.15) is 0 Å². The molecule has 0 fully saturated rings. The van der Waals surface area contributed by atoms with E-state index in [1.807, 2.05) is 29.8 Å². The van der Waals surface area contributed by atoms with Crippen molar-refractivity contribution < 1.29 is 4.79 Å². The number of aromatic nitrogens is 2. The number of nitrogens with zero attached hydrogens (tertiary/aromatic N) is 2. The Morgan fingerprint density at radius 2 is 2.06 bits per heavy atom. The molecular weight excluding hydrogens is 226 g/mol. The summed E-state index contributed by atoms with van der Waals surface area (Å²) in [6, 6.07) is 10.1. The van der Waals surface area contributed by atoms with Gasteiger partial charge < -0.3 is 5.32 Å². The van der Waals surface area contributed by atoms with Gasteiger partial charge in [-0.3, -0.25) is 9.48 Å². The molecule has 0 saturated carbocycles. The summed E-state index contributed by atoms with van der Waals surface area (Å²) < 4.78 is 1.89. The van der Waals surface area contributed by atoms with E-state index in [1.54, 1.807) is 13.2 Å². The molecule has 2 rings (SSSR count). The monoisotopic (exact) mass is 243 g/mol. The van der Waals surface area contributed by atoms with Gasteiger partial charge in [0.05, 0.1) is 24.0 Å². The summed E-state index contributed by atoms with van der Waals surface area (Å²) in [6.45, 7) is 2.73. The molecule has 4 nitrogen and oxygen atoms in total. The fourth-order valence-corrected chi connectivity index (χ4v) is 2.00. The van der Waals surface area contributed by atoms with Crippen molar-refractivity contribution in [1.29, 1.82) is 0 Å². The molecule has 94 valence electrons. The lowest BCUT2D eigenvalue weighted by molar-refractivity contribution is 0.0962. The van der Waals surface area contributed by atoms with Crippen LogP contribution in [-0.4, -0.2) is 22.7 Å². The summed E-state index contributed by atoms with van der Waals surface area (Å²) in [5.74, 6) is -0.0776. The Kier molecular flexibility index (Phi) is 3.77. The van der Waals surface area contributed by atoms with E-state index in [0.29, 0.717) is 12.1 Å². The maximum Gasteiger partial charge on any atom is 0.254 e. The van der Waals surface area contributed by atoms with E-state index in [0.717, 1.165) is 12.1 Å². The lowest BCUT2D eigenvalue weighted by atomic mass is 10.2. The van der Waals surface area contributed by atoms with Crippen LogP contribution >= 0.6 is 0 Å². The molecule has 0 radical (unpaired) electrons. The van der Waals surface area contributed by atoms with Crippen LogP contribution in [0.15, 0.2) is 36.5 Å². The number of carbonyl (C=O) groups is 1. The zero-order valence-corrected chi connectivity index (χ0v) is 10.7. The highest BCUT2D eigenvalue weighted by atomic mass is 16.1. The van der Waals surface area contributed by atoms with Crippen molar-refractivity contribution in [2.45, 2.75) is 19.9 Å². The van der Waals surface area contributed by atoms with Crippen molar-refractivity contribution in [3.8, 4) is 0 Å². The molecule has 0 saturated heterocycles. The predicted octanol–water partition coefficient (Wildman–Crippen LogP) is 1.85. The number of amides is 1. The van der Waals surface area contributed by atoms with Gasteiger partial charge in [0.2, 0.25) is 0 Å². The molecule has 18 heavy (non-hydrogen) atoms. The van der Waals surface area contributed by atoms with Crippen LogP contribution in [0.5, 0.6) is 0 Å². The molecule has 0 spiro atoms. The first kappa shape index (κ1) is 12.4. The minimum atomic E-state index is -0.0776. The minimum Gasteiger partial charge on any atom is -0.355 e. The Morgan fingerprint density at radius 3 is 2.67 bits per heavy atom. The Balaban J connectivity index is 2.29. The molecule has 1 amide bonds. The zero-order valence-electron chi connectivity index (χ0n) is 10.7. The second-order valence-corrected chi connectivity index (χ2v) is 4.08. The highest BCUT2D eigenvalue weighted by Crippen LogP contribution is 2.12. The summed E-state index contributed by atoms with van der Waals surface area (Å²) in [6.07, 6.45) is 2.43.